The van der Waals surface area contributed by atoms with Crippen LogP contribution in [-0.4, -0.2) is 20.9 Å². The van der Waals surface area contributed by atoms with Gasteiger partial charge in [-0.25, -0.2) is 8.42 Å². The fourth-order valence-corrected chi connectivity index (χ4v) is 4.55. The predicted octanol–water partition coefficient (Wildman–Crippen LogP) is 4.24. The van der Waals surface area contributed by atoms with E-state index in [0.29, 0.717) is 0 Å². The van der Waals surface area contributed by atoms with E-state index in [4.69, 9.17) is 4.42 Å². The molecule has 6 heteroatoms. The number of nitrogens with one attached hydrogen (secondary N) is 1. The zero-order chi connectivity index (χ0) is 20.9. The van der Waals surface area contributed by atoms with Crippen LogP contribution < -0.4 is 5.32 Å². The molecule has 150 valence electrons. The average Bonchev–Trinajstić information content (AvgIpc) is 3.23. The first-order chi connectivity index (χ1) is 13.9. The number of sulfone groups is 1. The Bertz CT molecular complexity index is 1100. The molecule has 1 N–H and O–H groups in total. The highest BCUT2D eigenvalue weighted by molar-refractivity contribution is 7.91. The summed E-state index contributed by atoms with van der Waals surface area (Å²) >= 11 is 0. The summed E-state index contributed by atoms with van der Waals surface area (Å²) in [4.78, 5) is 12.4. The van der Waals surface area contributed by atoms with Crippen LogP contribution in [-0.2, 0) is 14.6 Å². The Morgan fingerprint density at radius 3 is 2.45 bits per heavy atom. The molecular formula is C23H23NO4S. The van der Waals surface area contributed by atoms with Crippen LogP contribution in [0, 0.1) is 13.8 Å². The van der Waals surface area contributed by atoms with E-state index in [-0.39, 0.29) is 23.1 Å². The maximum Gasteiger partial charge on any atom is 0.244 e. The minimum absolute atomic E-state index is 0.0965. The lowest BCUT2D eigenvalue weighted by Gasteiger charge is -2.17. The maximum atomic E-state index is 13.3. The molecule has 3 aromatic rings. The number of rotatable bonds is 7. The van der Waals surface area contributed by atoms with Gasteiger partial charge in [0.2, 0.25) is 5.91 Å². The Labute approximate surface area is 171 Å². The molecule has 0 bridgehead atoms. The van der Waals surface area contributed by atoms with Crippen LogP contribution in [0.1, 0.15) is 27.7 Å². The van der Waals surface area contributed by atoms with Crippen molar-refractivity contribution in [3.05, 3.63) is 95.5 Å². The van der Waals surface area contributed by atoms with Crippen LogP contribution in [0.5, 0.6) is 0 Å². The number of amides is 1. The van der Waals surface area contributed by atoms with Crippen molar-refractivity contribution in [2.75, 3.05) is 6.54 Å². The highest BCUT2D eigenvalue weighted by Crippen LogP contribution is 2.30. The second kappa shape index (κ2) is 8.92. The van der Waals surface area contributed by atoms with E-state index in [1.54, 1.807) is 36.4 Å². The van der Waals surface area contributed by atoms with Gasteiger partial charge in [0.05, 0.1) is 11.2 Å². The number of aryl methyl sites for hydroxylation is 2. The third-order valence-corrected chi connectivity index (χ3v) is 6.79. The number of benzene rings is 2. The van der Waals surface area contributed by atoms with Crippen molar-refractivity contribution in [2.24, 2.45) is 0 Å². The molecule has 29 heavy (non-hydrogen) atoms. The molecule has 0 aliphatic heterocycles. The van der Waals surface area contributed by atoms with E-state index in [0.717, 1.165) is 16.7 Å². The monoisotopic (exact) mass is 409 g/mol. The van der Waals surface area contributed by atoms with Gasteiger partial charge in [0.25, 0.3) is 0 Å². The number of hydrogen-bond acceptors (Lipinski definition) is 4. The summed E-state index contributed by atoms with van der Waals surface area (Å²) in [5.41, 5.74) is 2.78. The molecule has 1 heterocycles. The van der Waals surface area contributed by atoms with Crippen molar-refractivity contribution in [2.45, 2.75) is 24.0 Å². The third kappa shape index (κ3) is 5.03. The zero-order valence-corrected chi connectivity index (χ0v) is 17.1. The molecular weight excluding hydrogens is 386 g/mol. The van der Waals surface area contributed by atoms with E-state index in [1.165, 1.54) is 12.3 Å². The largest absolute Gasteiger partial charge is 0.468 e. The highest BCUT2D eigenvalue weighted by Gasteiger charge is 2.31. The summed E-state index contributed by atoms with van der Waals surface area (Å²) in [6, 6.07) is 17.7. The van der Waals surface area contributed by atoms with Gasteiger partial charge in [-0.3, -0.25) is 4.79 Å². The van der Waals surface area contributed by atoms with E-state index in [9.17, 15) is 13.2 Å². The predicted molar refractivity (Wildman–Crippen MR) is 113 cm³/mol. The van der Waals surface area contributed by atoms with Crippen LogP contribution in [0.15, 0.2) is 82.3 Å². The van der Waals surface area contributed by atoms with Crippen molar-refractivity contribution in [1.29, 1.82) is 0 Å². The normalized spacial score (nSPS) is 12.8. The van der Waals surface area contributed by atoms with Gasteiger partial charge >= 0.3 is 0 Å². The SMILES string of the molecule is Cc1ccc(S(=O)(=O)[C@@H](CNC(=O)/C=C/c2ccccc2)c2ccco2)cc1C. The lowest BCUT2D eigenvalue weighted by Crippen LogP contribution is -2.30. The van der Waals surface area contributed by atoms with Crippen molar-refractivity contribution in [1.82, 2.24) is 5.32 Å². The standard InChI is InChI=1S/C23H23NO4S/c1-17-10-12-20(15-18(17)2)29(26,27)22(21-9-6-14-28-21)16-24-23(25)13-11-19-7-4-3-5-8-19/h3-15,22H,16H2,1-2H3,(H,24,25)/b13-11+/t22-/m0/s1. The summed E-state index contributed by atoms with van der Waals surface area (Å²) in [7, 11) is -3.76. The Morgan fingerprint density at radius 2 is 1.79 bits per heavy atom. The summed E-state index contributed by atoms with van der Waals surface area (Å²) < 4.78 is 31.9. The topological polar surface area (TPSA) is 76.4 Å². The average molecular weight is 410 g/mol. The van der Waals surface area contributed by atoms with Crippen molar-refractivity contribution in [3.63, 3.8) is 0 Å². The summed E-state index contributed by atoms with van der Waals surface area (Å²) in [5, 5.41) is 1.66. The van der Waals surface area contributed by atoms with E-state index >= 15 is 0 Å². The molecule has 3 rings (SSSR count). The Morgan fingerprint density at radius 1 is 1.03 bits per heavy atom. The van der Waals surface area contributed by atoms with Crippen LogP contribution in [0.25, 0.3) is 6.08 Å². The number of hydrogen-bond donors (Lipinski definition) is 1. The fourth-order valence-electron chi connectivity index (χ4n) is 2.88. The lowest BCUT2D eigenvalue weighted by molar-refractivity contribution is -0.116. The first-order valence-corrected chi connectivity index (χ1v) is 10.8. The van der Waals surface area contributed by atoms with Gasteiger partial charge in [-0.1, -0.05) is 36.4 Å². The summed E-state index contributed by atoms with van der Waals surface area (Å²) in [6.45, 7) is 3.70. The van der Waals surface area contributed by atoms with Gasteiger partial charge in [0.15, 0.2) is 9.84 Å². The van der Waals surface area contributed by atoms with Crippen LogP contribution in [0.3, 0.4) is 0 Å². The summed E-state index contributed by atoms with van der Waals surface area (Å²) in [5.74, 6) is -0.0868. The molecule has 0 radical (unpaired) electrons. The second-order valence-corrected chi connectivity index (χ2v) is 8.91. The van der Waals surface area contributed by atoms with Crippen LogP contribution in [0.2, 0.25) is 0 Å². The molecule has 0 unspecified atom stereocenters. The minimum Gasteiger partial charge on any atom is -0.468 e. The Balaban J connectivity index is 1.80. The maximum absolute atomic E-state index is 13.3. The van der Waals surface area contributed by atoms with Crippen LogP contribution >= 0.6 is 0 Å². The zero-order valence-electron chi connectivity index (χ0n) is 16.3. The molecule has 0 aliphatic rings. The fraction of sp³-hybridized carbons (Fsp3) is 0.174. The molecule has 0 spiro atoms. The van der Waals surface area contributed by atoms with Gasteiger partial charge in [0.1, 0.15) is 11.0 Å². The van der Waals surface area contributed by atoms with Gasteiger partial charge < -0.3 is 9.73 Å². The van der Waals surface area contributed by atoms with Crippen molar-refractivity contribution < 1.29 is 17.6 Å². The quantitative estimate of drug-likeness (QED) is 0.592. The molecule has 1 aromatic heterocycles. The van der Waals surface area contributed by atoms with E-state index < -0.39 is 15.1 Å². The molecule has 5 nitrogen and oxygen atoms in total. The molecule has 0 saturated heterocycles. The summed E-state index contributed by atoms with van der Waals surface area (Å²) in [6.07, 6.45) is 4.49. The Kier molecular flexibility index (Phi) is 6.34. The molecule has 0 aliphatic carbocycles. The van der Waals surface area contributed by atoms with Gasteiger partial charge in [-0.05, 0) is 60.9 Å². The highest BCUT2D eigenvalue weighted by atomic mass is 32.2. The molecule has 1 atom stereocenters. The first-order valence-electron chi connectivity index (χ1n) is 9.23. The Hall–Kier alpha value is -3.12. The third-order valence-electron chi connectivity index (χ3n) is 4.73. The van der Waals surface area contributed by atoms with Gasteiger partial charge in [-0.2, -0.15) is 0 Å². The van der Waals surface area contributed by atoms with Crippen molar-refractivity contribution in [3.8, 4) is 0 Å². The second-order valence-electron chi connectivity index (χ2n) is 6.78. The number of carbonyl (C=O) groups is 1. The van der Waals surface area contributed by atoms with Gasteiger partial charge in [-0.15, -0.1) is 0 Å². The minimum atomic E-state index is -3.76. The first kappa shape index (κ1) is 20.6. The van der Waals surface area contributed by atoms with Crippen LogP contribution in [0.4, 0.5) is 0 Å². The van der Waals surface area contributed by atoms with Gasteiger partial charge in [0, 0.05) is 12.6 Å². The smallest absolute Gasteiger partial charge is 0.244 e. The molecule has 1 amide bonds. The van der Waals surface area contributed by atoms with E-state index in [2.05, 4.69) is 5.32 Å². The van der Waals surface area contributed by atoms with Crippen molar-refractivity contribution >= 4 is 21.8 Å². The van der Waals surface area contributed by atoms with E-state index in [1.807, 2.05) is 44.2 Å². The molecule has 0 saturated carbocycles. The number of furan rings is 1. The molecule has 2 aromatic carbocycles. The lowest BCUT2D eigenvalue weighted by atomic mass is 10.1. The number of carbonyl (C=O) groups excluding carboxylic acids is 1. The molecule has 0 fully saturated rings.